The van der Waals surface area contributed by atoms with Gasteiger partial charge in [-0.2, -0.15) is 0 Å². The number of carbonyl (C=O) groups excluding carboxylic acids is 1. The number of carbonyl (C=O) groups is 1. The molecular formula is C8H17Cl2N3O. The van der Waals surface area contributed by atoms with Crippen LogP contribution in [0.1, 0.15) is 0 Å². The monoisotopic (exact) mass is 241 g/mol. The van der Waals surface area contributed by atoms with Gasteiger partial charge < -0.3 is 10.2 Å². The van der Waals surface area contributed by atoms with Crippen molar-refractivity contribution in [3.8, 4) is 0 Å². The standard InChI is InChI=1S/C8H15N3O.2ClH/c1-10-2-3-11(6-8(10)12)7-4-9-5-7;;/h7,9H,2-6H2,1H3;2*1H. The van der Waals surface area contributed by atoms with Crippen LogP contribution in [-0.4, -0.2) is 61.5 Å². The molecule has 2 rings (SSSR count). The first-order valence-electron chi connectivity index (χ1n) is 4.46. The van der Waals surface area contributed by atoms with E-state index in [-0.39, 0.29) is 30.7 Å². The first-order chi connectivity index (χ1) is 5.77. The maximum atomic E-state index is 11.3. The number of hydrogen-bond acceptors (Lipinski definition) is 3. The Labute approximate surface area is 96.8 Å². The number of piperazine rings is 1. The van der Waals surface area contributed by atoms with Crippen LogP contribution in [0.15, 0.2) is 0 Å². The minimum atomic E-state index is 0. The third-order valence-electron chi connectivity index (χ3n) is 2.76. The lowest BCUT2D eigenvalue weighted by Gasteiger charge is -2.41. The summed E-state index contributed by atoms with van der Waals surface area (Å²) in [6.45, 7) is 4.64. The SMILES string of the molecule is CN1CCN(C2CNC2)CC1=O.Cl.Cl. The van der Waals surface area contributed by atoms with E-state index in [2.05, 4.69) is 10.2 Å². The van der Waals surface area contributed by atoms with E-state index in [9.17, 15) is 4.79 Å². The summed E-state index contributed by atoms with van der Waals surface area (Å²) in [7, 11) is 1.87. The third kappa shape index (κ3) is 2.73. The van der Waals surface area contributed by atoms with Crippen molar-refractivity contribution in [2.75, 3.05) is 39.8 Å². The van der Waals surface area contributed by atoms with Gasteiger partial charge in [-0.05, 0) is 0 Å². The van der Waals surface area contributed by atoms with E-state index < -0.39 is 0 Å². The molecule has 2 aliphatic rings. The summed E-state index contributed by atoms with van der Waals surface area (Å²) in [5.41, 5.74) is 0. The summed E-state index contributed by atoms with van der Waals surface area (Å²) in [5, 5.41) is 3.22. The summed E-state index contributed by atoms with van der Waals surface area (Å²) < 4.78 is 0. The van der Waals surface area contributed by atoms with Crippen LogP contribution in [0.25, 0.3) is 0 Å². The molecule has 84 valence electrons. The first-order valence-corrected chi connectivity index (χ1v) is 4.46. The summed E-state index contributed by atoms with van der Waals surface area (Å²) in [6, 6.07) is 0.614. The minimum absolute atomic E-state index is 0. The van der Waals surface area contributed by atoms with Crippen molar-refractivity contribution in [3.05, 3.63) is 0 Å². The van der Waals surface area contributed by atoms with Gasteiger partial charge in [0.2, 0.25) is 5.91 Å². The lowest BCUT2D eigenvalue weighted by atomic mass is 10.1. The van der Waals surface area contributed by atoms with Crippen LogP contribution in [0.5, 0.6) is 0 Å². The summed E-state index contributed by atoms with van der Waals surface area (Å²) >= 11 is 0. The minimum Gasteiger partial charge on any atom is -0.343 e. The predicted molar refractivity (Wildman–Crippen MR) is 60.4 cm³/mol. The lowest BCUT2D eigenvalue weighted by molar-refractivity contribution is -0.135. The maximum absolute atomic E-state index is 11.3. The maximum Gasteiger partial charge on any atom is 0.236 e. The van der Waals surface area contributed by atoms with Gasteiger partial charge in [0.05, 0.1) is 6.54 Å². The van der Waals surface area contributed by atoms with Gasteiger partial charge in [-0.3, -0.25) is 9.69 Å². The van der Waals surface area contributed by atoms with Crippen molar-refractivity contribution in [1.82, 2.24) is 15.1 Å². The quantitative estimate of drug-likeness (QED) is 0.678. The molecule has 0 bridgehead atoms. The van der Waals surface area contributed by atoms with Crippen molar-refractivity contribution in [1.29, 1.82) is 0 Å². The normalized spacial score (nSPS) is 23.5. The molecule has 0 atom stereocenters. The number of amides is 1. The number of nitrogens with one attached hydrogen (secondary N) is 1. The molecule has 6 heteroatoms. The van der Waals surface area contributed by atoms with Gasteiger partial charge in [-0.1, -0.05) is 0 Å². The van der Waals surface area contributed by atoms with E-state index in [0.717, 1.165) is 26.2 Å². The van der Waals surface area contributed by atoms with Gasteiger partial charge >= 0.3 is 0 Å². The summed E-state index contributed by atoms with van der Waals surface area (Å²) in [6.07, 6.45) is 0. The van der Waals surface area contributed by atoms with E-state index in [1.54, 1.807) is 0 Å². The van der Waals surface area contributed by atoms with Crippen molar-refractivity contribution >= 4 is 30.7 Å². The van der Waals surface area contributed by atoms with Crippen molar-refractivity contribution in [2.45, 2.75) is 6.04 Å². The highest BCUT2D eigenvalue weighted by Gasteiger charge is 2.29. The topological polar surface area (TPSA) is 35.6 Å². The Kier molecular flexibility index (Phi) is 5.74. The molecule has 0 unspecified atom stereocenters. The number of nitrogens with zero attached hydrogens (tertiary/aromatic N) is 2. The largest absolute Gasteiger partial charge is 0.343 e. The molecule has 0 radical (unpaired) electrons. The molecule has 0 spiro atoms. The van der Waals surface area contributed by atoms with Crippen molar-refractivity contribution < 1.29 is 4.79 Å². The van der Waals surface area contributed by atoms with Gasteiger partial charge in [-0.25, -0.2) is 0 Å². The Hall–Kier alpha value is -0.0300. The average molecular weight is 242 g/mol. The van der Waals surface area contributed by atoms with Crippen LogP contribution in [0.2, 0.25) is 0 Å². The molecule has 0 aromatic rings. The molecule has 4 nitrogen and oxygen atoms in total. The van der Waals surface area contributed by atoms with Gasteiger partial charge in [0.1, 0.15) is 0 Å². The highest BCUT2D eigenvalue weighted by atomic mass is 35.5. The van der Waals surface area contributed by atoms with Crippen LogP contribution in [0.4, 0.5) is 0 Å². The fourth-order valence-corrected chi connectivity index (χ4v) is 1.62. The molecule has 1 amide bonds. The molecule has 0 aliphatic carbocycles. The molecule has 0 aromatic carbocycles. The number of likely N-dealkylation sites (N-methyl/N-ethyl adjacent to an activating group) is 1. The van der Waals surface area contributed by atoms with Gasteiger partial charge in [0, 0.05) is 39.3 Å². The second-order valence-electron chi connectivity index (χ2n) is 3.60. The van der Waals surface area contributed by atoms with E-state index in [4.69, 9.17) is 0 Å². The molecule has 2 aliphatic heterocycles. The zero-order valence-electron chi connectivity index (χ0n) is 8.23. The third-order valence-corrected chi connectivity index (χ3v) is 2.76. The Morgan fingerprint density at radius 1 is 1.29 bits per heavy atom. The second-order valence-corrected chi connectivity index (χ2v) is 3.60. The van der Waals surface area contributed by atoms with Gasteiger partial charge in [0.15, 0.2) is 0 Å². The van der Waals surface area contributed by atoms with Gasteiger partial charge in [-0.15, -0.1) is 24.8 Å². The number of rotatable bonds is 1. The fraction of sp³-hybridized carbons (Fsp3) is 0.875. The Bertz CT molecular complexity index is 199. The predicted octanol–water partition coefficient (Wildman–Crippen LogP) is -0.424. The molecular weight excluding hydrogens is 225 g/mol. The van der Waals surface area contributed by atoms with E-state index in [0.29, 0.717) is 12.6 Å². The Morgan fingerprint density at radius 3 is 2.36 bits per heavy atom. The number of hydrogen-bond donors (Lipinski definition) is 1. The molecule has 0 saturated carbocycles. The molecule has 2 fully saturated rings. The Balaban J connectivity index is 0.000000845. The van der Waals surface area contributed by atoms with Crippen molar-refractivity contribution in [2.24, 2.45) is 0 Å². The fourth-order valence-electron chi connectivity index (χ4n) is 1.62. The zero-order chi connectivity index (χ0) is 8.55. The molecule has 2 saturated heterocycles. The van der Waals surface area contributed by atoms with E-state index >= 15 is 0 Å². The summed E-state index contributed by atoms with van der Waals surface area (Å²) in [5.74, 6) is 0.258. The average Bonchev–Trinajstić information content (AvgIpc) is 1.93. The zero-order valence-corrected chi connectivity index (χ0v) is 9.87. The Morgan fingerprint density at radius 2 is 1.93 bits per heavy atom. The molecule has 1 N–H and O–H groups in total. The number of halogens is 2. The lowest BCUT2D eigenvalue weighted by Crippen LogP contribution is -2.62. The van der Waals surface area contributed by atoms with Crippen LogP contribution < -0.4 is 5.32 Å². The summed E-state index contributed by atoms with van der Waals surface area (Å²) in [4.78, 5) is 15.4. The second kappa shape index (κ2) is 5.75. The molecule has 14 heavy (non-hydrogen) atoms. The molecule has 0 aromatic heterocycles. The highest BCUT2D eigenvalue weighted by molar-refractivity contribution is 5.85. The highest BCUT2D eigenvalue weighted by Crippen LogP contribution is 2.08. The first kappa shape index (κ1) is 14.0. The van der Waals surface area contributed by atoms with Crippen LogP contribution in [-0.2, 0) is 4.79 Å². The van der Waals surface area contributed by atoms with Crippen molar-refractivity contribution in [3.63, 3.8) is 0 Å². The van der Waals surface area contributed by atoms with Crippen LogP contribution in [0, 0.1) is 0 Å². The van der Waals surface area contributed by atoms with Crippen LogP contribution >= 0.6 is 24.8 Å². The van der Waals surface area contributed by atoms with E-state index in [1.807, 2.05) is 11.9 Å². The van der Waals surface area contributed by atoms with E-state index in [1.165, 1.54) is 0 Å². The smallest absolute Gasteiger partial charge is 0.236 e. The van der Waals surface area contributed by atoms with Gasteiger partial charge in [0.25, 0.3) is 0 Å². The van der Waals surface area contributed by atoms with Crippen LogP contribution in [0.3, 0.4) is 0 Å². The molecule has 2 heterocycles.